The van der Waals surface area contributed by atoms with Gasteiger partial charge in [-0.25, -0.2) is 4.98 Å². The molecule has 1 N–H and O–H groups in total. The van der Waals surface area contributed by atoms with Crippen molar-refractivity contribution in [2.24, 2.45) is 0 Å². The van der Waals surface area contributed by atoms with Crippen molar-refractivity contribution >= 4 is 17.2 Å². The number of furan rings is 1. The maximum absolute atomic E-state index is 13.1. The number of benzene rings is 1. The third-order valence-corrected chi connectivity index (χ3v) is 7.01. The second-order valence-corrected chi connectivity index (χ2v) is 9.16. The SMILES string of the molecule is COc1ccc(-c2nc(-c3cc(C(=O)NCC4CCCO4)c(C)n3Cc3ccco3)cs2)cc1. The summed E-state index contributed by atoms with van der Waals surface area (Å²) >= 11 is 1.57. The Morgan fingerprint density at radius 3 is 2.85 bits per heavy atom. The van der Waals surface area contributed by atoms with Crippen LogP contribution in [0.2, 0.25) is 0 Å². The van der Waals surface area contributed by atoms with Gasteiger partial charge in [0.25, 0.3) is 5.91 Å². The summed E-state index contributed by atoms with van der Waals surface area (Å²) in [6.07, 6.45) is 3.79. The minimum atomic E-state index is -0.0990. The fourth-order valence-electron chi connectivity index (χ4n) is 4.21. The number of carbonyl (C=O) groups excluding carboxylic acids is 1. The zero-order chi connectivity index (χ0) is 23.5. The van der Waals surface area contributed by atoms with E-state index in [0.717, 1.165) is 58.6 Å². The summed E-state index contributed by atoms with van der Waals surface area (Å²) in [5, 5.41) is 5.98. The average molecular weight is 478 g/mol. The van der Waals surface area contributed by atoms with E-state index in [1.165, 1.54) is 0 Å². The normalized spacial score (nSPS) is 15.5. The van der Waals surface area contributed by atoms with Gasteiger partial charge in [0, 0.05) is 29.8 Å². The van der Waals surface area contributed by atoms with Crippen LogP contribution in [0.4, 0.5) is 0 Å². The summed E-state index contributed by atoms with van der Waals surface area (Å²) in [5.41, 5.74) is 4.23. The van der Waals surface area contributed by atoms with E-state index in [1.54, 1.807) is 24.7 Å². The number of thiazole rings is 1. The van der Waals surface area contributed by atoms with Crippen LogP contribution in [-0.4, -0.2) is 41.8 Å². The minimum absolute atomic E-state index is 0.0968. The first-order valence-electron chi connectivity index (χ1n) is 11.3. The smallest absolute Gasteiger partial charge is 0.253 e. The van der Waals surface area contributed by atoms with Crippen LogP contribution in [0.1, 0.15) is 34.7 Å². The van der Waals surface area contributed by atoms with Gasteiger partial charge in [-0.15, -0.1) is 11.3 Å². The molecule has 0 bridgehead atoms. The number of ether oxygens (including phenoxy) is 2. The number of hydrogen-bond donors (Lipinski definition) is 1. The van der Waals surface area contributed by atoms with Crippen LogP contribution < -0.4 is 10.1 Å². The second kappa shape index (κ2) is 9.87. The van der Waals surface area contributed by atoms with Gasteiger partial charge in [-0.2, -0.15) is 0 Å². The third kappa shape index (κ3) is 4.64. The summed E-state index contributed by atoms with van der Waals surface area (Å²) in [5.74, 6) is 1.53. The molecule has 7 nitrogen and oxygen atoms in total. The number of methoxy groups -OCH3 is 1. The lowest BCUT2D eigenvalue weighted by atomic mass is 10.2. The Morgan fingerprint density at radius 2 is 2.15 bits per heavy atom. The molecule has 1 aliphatic heterocycles. The zero-order valence-electron chi connectivity index (χ0n) is 19.2. The number of nitrogens with zero attached hydrogens (tertiary/aromatic N) is 2. The molecule has 4 heterocycles. The molecule has 1 unspecified atom stereocenters. The van der Waals surface area contributed by atoms with E-state index in [1.807, 2.05) is 54.8 Å². The molecular formula is C26H27N3O4S. The third-order valence-electron chi connectivity index (χ3n) is 6.12. The fraction of sp³-hybridized carbons (Fsp3) is 0.308. The van der Waals surface area contributed by atoms with Crippen molar-refractivity contribution in [1.82, 2.24) is 14.9 Å². The second-order valence-electron chi connectivity index (χ2n) is 8.31. The van der Waals surface area contributed by atoms with E-state index in [4.69, 9.17) is 18.9 Å². The molecule has 176 valence electrons. The van der Waals surface area contributed by atoms with E-state index in [-0.39, 0.29) is 12.0 Å². The number of hydrogen-bond acceptors (Lipinski definition) is 6. The van der Waals surface area contributed by atoms with Crippen molar-refractivity contribution in [2.45, 2.75) is 32.4 Å². The van der Waals surface area contributed by atoms with E-state index >= 15 is 0 Å². The van der Waals surface area contributed by atoms with Crippen LogP contribution in [0.5, 0.6) is 5.75 Å². The Hall–Kier alpha value is -3.36. The van der Waals surface area contributed by atoms with Gasteiger partial charge in [0.05, 0.1) is 43.0 Å². The van der Waals surface area contributed by atoms with Gasteiger partial charge in [-0.3, -0.25) is 4.79 Å². The molecule has 8 heteroatoms. The van der Waals surface area contributed by atoms with E-state index in [9.17, 15) is 4.79 Å². The fourth-order valence-corrected chi connectivity index (χ4v) is 5.03. The first-order valence-corrected chi connectivity index (χ1v) is 12.2. The number of rotatable bonds is 8. The first-order chi connectivity index (χ1) is 16.6. The largest absolute Gasteiger partial charge is 0.497 e. The Labute approximate surface area is 202 Å². The van der Waals surface area contributed by atoms with Crippen LogP contribution in [-0.2, 0) is 11.3 Å². The Morgan fingerprint density at radius 1 is 1.29 bits per heavy atom. The molecule has 4 aromatic rings. The molecule has 1 fully saturated rings. The van der Waals surface area contributed by atoms with E-state index in [2.05, 4.69) is 9.88 Å². The molecule has 3 aromatic heterocycles. The van der Waals surface area contributed by atoms with Crippen LogP contribution in [0.25, 0.3) is 22.0 Å². The molecule has 34 heavy (non-hydrogen) atoms. The highest BCUT2D eigenvalue weighted by Gasteiger charge is 2.23. The lowest BCUT2D eigenvalue weighted by Crippen LogP contribution is -2.32. The molecule has 1 aromatic carbocycles. The van der Waals surface area contributed by atoms with E-state index in [0.29, 0.717) is 18.7 Å². The van der Waals surface area contributed by atoms with Gasteiger partial charge in [0.1, 0.15) is 16.5 Å². The molecule has 0 aliphatic carbocycles. The van der Waals surface area contributed by atoms with Gasteiger partial charge in [0.15, 0.2) is 0 Å². The van der Waals surface area contributed by atoms with Crippen LogP contribution in [0, 0.1) is 6.92 Å². The first kappa shape index (κ1) is 22.4. The number of nitrogens with one attached hydrogen (secondary N) is 1. The Bertz CT molecular complexity index is 1250. The summed E-state index contributed by atoms with van der Waals surface area (Å²) in [7, 11) is 1.65. The minimum Gasteiger partial charge on any atom is -0.497 e. The molecule has 0 saturated carbocycles. The molecule has 1 aliphatic rings. The van der Waals surface area contributed by atoms with Crippen molar-refractivity contribution in [1.29, 1.82) is 0 Å². The highest BCUT2D eigenvalue weighted by Crippen LogP contribution is 2.32. The highest BCUT2D eigenvalue weighted by atomic mass is 32.1. The number of aromatic nitrogens is 2. The van der Waals surface area contributed by atoms with Crippen molar-refractivity contribution < 1.29 is 18.7 Å². The Balaban J connectivity index is 1.45. The number of amides is 1. The summed E-state index contributed by atoms with van der Waals surface area (Å²) in [4.78, 5) is 18.0. The van der Waals surface area contributed by atoms with Crippen LogP contribution in [0.15, 0.2) is 58.5 Å². The van der Waals surface area contributed by atoms with Gasteiger partial charge < -0.3 is 23.8 Å². The molecule has 0 spiro atoms. The van der Waals surface area contributed by atoms with Gasteiger partial charge in [-0.1, -0.05) is 0 Å². The topological polar surface area (TPSA) is 78.5 Å². The van der Waals surface area contributed by atoms with Gasteiger partial charge >= 0.3 is 0 Å². The van der Waals surface area contributed by atoms with E-state index < -0.39 is 0 Å². The van der Waals surface area contributed by atoms with Crippen LogP contribution >= 0.6 is 11.3 Å². The van der Waals surface area contributed by atoms with Gasteiger partial charge in [-0.05, 0) is 62.2 Å². The van der Waals surface area contributed by atoms with Crippen molar-refractivity contribution in [3.05, 3.63) is 71.1 Å². The zero-order valence-corrected chi connectivity index (χ0v) is 20.1. The van der Waals surface area contributed by atoms with Gasteiger partial charge in [0.2, 0.25) is 0 Å². The standard InChI is InChI=1S/C26H27N3O4S/c1-17-22(25(30)27-14-20-5-3-11-32-20)13-24(29(17)15-21-6-4-12-33-21)23-16-34-26(28-23)18-7-9-19(31-2)10-8-18/h4,6-10,12-13,16,20H,3,5,11,14-15H2,1-2H3,(H,27,30). The molecular weight excluding hydrogens is 450 g/mol. The van der Waals surface area contributed by atoms with Crippen molar-refractivity contribution in [2.75, 3.05) is 20.3 Å². The lowest BCUT2D eigenvalue weighted by molar-refractivity contribution is 0.0857. The average Bonchev–Trinajstić information content (AvgIpc) is 3.66. The predicted molar refractivity (Wildman–Crippen MR) is 131 cm³/mol. The molecule has 0 radical (unpaired) electrons. The Kier molecular flexibility index (Phi) is 6.51. The maximum atomic E-state index is 13.1. The number of carbonyl (C=O) groups is 1. The molecule has 1 atom stereocenters. The summed E-state index contributed by atoms with van der Waals surface area (Å²) in [6.45, 7) is 3.77. The summed E-state index contributed by atoms with van der Waals surface area (Å²) < 4.78 is 18.6. The monoisotopic (exact) mass is 477 g/mol. The van der Waals surface area contributed by atoms with Crippen molar-refractivity contribution in [3.63, 3.8) is 0 Å². The predicted octanol–water partition coefficient (Wildman–Crippen LogP) is 5.15. The highest BCUT2D eigenvalue weighted by molar-refractivity contribution is 7.13. The molecule has 1 saturated heterocycles. The van der Waals surface area contributed by atoms with Crippen LogP contribution in [0.3, 0.4) is 0 Å². The lowest BCUT2D eigenvalue weighted by Gasteiger charge is -2.11. The molecule has 5 rings (SSSR count). The quantitative estimate of drug-likeness (QED) is 0.380. The summed E-state index contributed by atoms with van der Waals surface area (Å²) in [6, 6.07) is 13.6. The maximum Gasteiger partial charge on any atom is 0.253 e. The van der Waals surface area contributed by atoms with Crippen molar-refractivity contribution in [3.8, 4) is 27.7 Å². The molecule has 1 amide bonds.